The molecule has 8 nitrogen and oxygen atoms in total. The smallest absolute Gasteiger partial charge is 0.261 e. The molecule has 3 aromatic rings. The molecule has 0 heterocycles. The zero-order chi connectivity index (χ0) is 24.2. The van der Waals surface area contributed by atoms with Crippen molar-refractivity contribution in [3.8, 4) is 0 Å². The lowest BCUT2D eigenvalue weighted by Crippen LogP contribution is -2.24. The molecule has 0 saturated carbocycles. The molecule has 174 valence electrons. The van der Waals surface area contributed by atoms with Crippen LogP contribution in [0.15, 0.2) is 71.6 Å². The Labute approximate surface area is 193 Å². The highest BCUT2D eigenvalue weighted by molar-refractivity contribution is 7.92. The number of amides is 1. The molecule has 1 amide bonds. The largest absolute Gasteiger partial charge is 0.348 e. The highest BCUT2D eigenvalue weighted by atomic mass is 32.2. The minimum atomic E-state index is -3.88. The minimum absolute atomic E-state index is 0.0221. The first kappa shape index (κ1) is 24.4. The first-order valence-electron chi connectivity index (χ1n) is 9.99. The number of benzene rings is 3. The van der Waals surface area contributed by atoms with Gasteiger partial charge in [0.25, 0.3) is 15.9 Å². The fraction of sp³-hybridized carbons (Fsp3) is 0.174. The summed E-state index contributed by atoms with van der Waals surface area (Å²) >= 11 is 0. The van der Waals surface area contributed by atoms with E-state index in [1.807, 2.05) is 6.92 Å². The van der Waals surface area contributed by atoms with Crippen LogP contribution < -0.4 is 15.2 Å². The van der Waals surface area contributed by atoms with Crippen LogP contribution in [-0.2, 0) is 32.3 Å². The summed E-state index contributed by atoms with van der Waals surface area (Å²) in [5.74, 6) is -0.690. The van der Waals surface area contributed by atoms with Crippen LogP contribution in [-0.4, -0.2) is 22.7 Å². The van der Waals surface area contributed by atoms with Gasteiger partial charge in [-0.3, -0.25) is 9.52 Å². The maximum Gasteiger partial charge on any atom is 0.261 e. The number of carbonyl (C=O) groups excluding carboxylic acids is 1. The molecule has 10 heteroatoms. The Kier molecular flexibility index (Phi) is 7.21. The van der Waals surface area contributed by atoms with Crippen molar-refractivity contribution in [2.45, 2.75) is 31.0 Å². The fourth-order valence-electron chi connectivity index (χ4n) is 3.11. The molecule has 0 fully saturated rings. The molecule has 0 bridgehead atoms. The van der Waals surface area contributed by atoms with Crippen molar-refractivity contribution in [3.63, 3.8) is 0 Å². The number of hydrogen-bond donors (Lipinski definition) is 3. The number of nitrogens with one attached hydrogen (secondary N) is 2. The molecule has 0 atom stereocenters. The first-order valence-corrected chi connectivity index (χ1v) is 13.2. The summed E-state index contributed by atoms with van der Waals surface area (Å²) in [6, 6.07) is 18.0. The topological polar surface area (TPSA) is 135 Å². The number of sulfonamides is 2. The molecule has 4 N–H and O–H groups in total. The van der Waals surface area contributed by atoms with Gasteiger partial charge in [0.2, 0.25) is 10.0 Å². The van der Waals surface area contributed by atoms with Crippen molar-refractivity contribution in [1.82, 2.24) is 5.32 Å². The van der Waals surface area contributed by atoms with Gasteiger partial charge in [-0.2, -0.15) is 0 Å². The van der Waals surface area contributed by atoms with Gasteiger partial charge in [-0.15, -0.1) is 0 Å². The van der Waals surface area contributed by atoms with E-state index < -0.39 is 26.0 Å². The second-order valence-corrected chi connectivity index (χ2v) is 11.1. The van der Waals surface area contributed by atoms with E-state index in [9.17, 15) is 21.6 Å². The summed E-state index contributed by atoms with van der Waals surface area (Å²) in [7, 11) is -7.49. The van der Waals surface area contributed by atoms with Gasteiger partial charge in [0.15, 0.2) is 0 Å². The van der Waals surface area contributed by atoms with Gasteiger partial charge >= 0.3 is 0 Å². The molecular formula is C23H25N3O5S2. The van der Waals surface area contributed by atoms with Crippen LogP contribution in [0.25, 0.3) is 0 Å². The van der Waals surface area contributed by atoms with E-state index in [4.69, 9.17) is 5.14 Å². The maximum absolute atomic E-state index is 12.8. The van der Waals surface area contributed by atoms with Gasteiger partial charge in [0.1, 0.15) is 0 Å². The summed E-state index contributed by atoms with van der Waals surface area (Å²) in [6.07, 6.45) is 0. The van der Waals surface area contributed by atoms with E-state index in [-0.39, 0.29) is 22.8 Å². The third kappa shape index (κ3) is 6.88. The van der Waals surface area contributed by atoms with Gasteiger partial charge in [-0.05, 0) is 54.8 Å². The second-order valence-electron chi connectivity index (χ2n) is 7.75. The lowest BCUT2D eigenvalue weighted by molar-refractivity contribution is 0.0950. The summed E-state index contributed by atoms with van der Waals surface area (Å²) in [6.45, 7) is 3.81. The molecule has 33 heavy (non-hydrogen) atoms. The van der Waals surface area contributed by atoms with E-state index in [0.717, 1.165) is 11.1 Å². The predicted molar refractivity (Wildman–Crippen MR) is 128 cm³/mol. The second kappa shape index (κ2) is 9.74. The minimum Gasteiger partial charge on any atom is -0.348 e. The molecule has 0 saturated heterocycles. The van der Waals surface area contributed by atoms with Crippen molar-refractivity contribution in [1.29, 1.82) is 0 Å². The Balaban J connectivity index is 1.72. The van der Waals surface area contributed by atoms with Crippen LogP contribution in [0.2, 0.25) is 0 Å². The fourth-order valence-corrected chi connectivity index (χ4v) is 4.85. The molecule has 0 aliphatic carbocycles. The highest BCUT2D eigenvalue weighted by Gasteiger charge is 2.18. The number of hydrogen-bond acceptors (Lipinski definition) is 5. The van der Waals surface area contributed by atoms with Gasteiger partial charge < -0.3 is 5.32 Å². The number of rotatable bonds is 8. The first-order chi connectivity index (χ1) is 15.4. The third-order valence-electron chi connectivity index (χ3n) is 4.91. The Bertz CT molecular complexity index is 1370. The standard InChI is InChI=1S/C23H25N3O5S2/c1-16-3-10-20(11-4-16)26-33(30,31)21-12-5-17(2)22(13-21)23(27)25-14-18-6-8-19(9-7-18)15-32(24,28)29/h3-13,26H,14-15H2,1-2H3,(H,25,27)(H2,24,28,29). The number of aryl methyl sites for hydroxylation is 2. The van der Waals surface area contributed by atoms with Gasteiger partial charge in [0, 0.05) is 17.8 Å². The molecule has 0 unspecified atom stereocenters. The lowest BCUT2D eigenvalue weighted by Gasteiger charge is -2.12. The molecule has 3 aromatic carbocycles. The Hall–Kier alpha value is -3.21. The molecule has 0 radical (unpaired) electrons. The van der Waals surface area contributed by atoms with Crippen molar-refractivity contribution < 1.29 is 21.6 Å². The SMILES string of the molecule is Cc1ccc(NS(=O)(=O)c2ccc(C)c(C(=O)NCc3ccc(CS(N)(=O)=O)cc3)c2)cc1. The molecule has 0 aromatic heterocycles. The van der Waals surface area contributed by atoms with Crippen LogP contribution >= 0.6 is 0 Å². The number of anilines is 1. The summed E-state index contributed by atoms with van der Waals surface area (Å²) in [4.78, 5) is 12.7. The predicted octanol–water partition coefficient (Wildman–Crippen LogP) is 2.82. The van der Waals surface area contributed by atoms with Crippen molar-refractivity contribution in [2.75, 3.05) is 4.72 Å². The molecule has 0 aliphatic rings. The van der Waals surface area contributed by atoms with Crippen LogP contribution in [0.5, 0.6) is 0 Å². The van der Waals surface area contributed by atoms with E-state index in [1.165, 1.54) is 12.1 Å². The van der Waals surface area contributed by atoms with Gasteiger partial charge in [-0.25, -0.2) is 22.0 Å². The van der Waals surface area contributed by atoms with Crippen LogP contribution in [0, 0.1) is 13.8 Å². The average Bonchev–Trinajstić information content (AvgIpc) is 2.73. The molecule has 3 rings (SSSR count). The van der Waals surface area contributed by atoms with Gasteiger partial charge in [-0.1, -0.05) is 48.0 Å². The average molecular weight is 488 g/mol. The van der Waals surface area contributed by atoms with E-state index >= 15 is 0 Å². The zero-order valence-electron chi connectivity index (χ0n) is 18.2. The van der Waals surface area contributed by atoms with Crippen molar-refractivity contribution in [3.05, 3.63) is 94.5 Å². The van der Waals surface area contributed by atoms with E-state index in [2.05, 4.69) is 10.0 Å². The van der Waals surface area contributed by atoms with Crippen molar-refractivity contribution >= 4 is 31.6 Å². The monoisotopic (exact) mass is 487 g/mol. The van der Waals surface area contributed by atoms with Crippen LogP contribution in [0.4, 0.5) is 5.69 Å². The van der Waals surface area contributed by atoms with Crippen molar-refractivity contribution in [2.24, 2.45) is 5.14 Å². The Morgan fingerprint density at radius 1 is 0.848 bits per heavy atom. The number of carbonyl (C=O) groups is 1. The Morgan fingerprint density at radius 2 is 1.45 bits per heavy atom. The zero-order valence-corrected chi connectivity index (χ0v) is 19.8. The number of primary sulfonamides is 1. The quantitative estimate of drug-likeness (QED) is 0.449. The maximum atomic E-state index is 12.8. The molecular weight excluding hydrogens is 462 g/mol. The number of nitrogens with two attached hydrogens (primary N) is 1. The van der Waals surface area contributed by atoms with Crippen LogP contribution in [0.3, 0.4) is 0 Å². The van der Waals surface area contributed by atoms with Gasteiger partial charge in [0.05, 0.1) is 10.6 Å². The summed E-state index contributed by atoms with van der Waals surface area (Å²) in [5, 5.41) is 7.80. The summed E-state index contributed by atoms with van der Waals surface area (Å²) in [5.41, 5.74) is 3.61. The lowest BCUT2D eigenvalue weighted by atomic mass is 10.1. The molecule has 0 aliphatic heterocycles. The molecule has 0 spiro atoms. The summed E-state index contributed by atoms with van der Waals surface area (Å²) < 4.78 is 50.4. The van der Waals surface area contributed by atoms with E-state index in [0.29, 0.717) is 16.8 Å². The Morgan fingerprint density at radius 3 is 2.06 bits per heavy atom. The van der Waals surface area contributed by atoms with Crippen LogP contribution in [0.1, 0.15) is 32.6 Å². The third-order valence-corrected chi connectivity index (χ3v) is 7.03. The highest BCUT2D eigenvalue weighted by Crippen LogP contribution is 2.20. The normalized spacial score (nSPS) is 11.7. The van der Waals surface area contributed by atoms with E-state index in [1.54, 1.807) is 61.5 Å².